The van der Waals surface area contributed by atoms with E-state index in [4.69, 9.17) is 11.5 Å². The van der Waals surface area contributed by atoms with Crippen LogP contribution in [0.5, 0.6) is 0 Å². The van der Waals surface area contributed by atoms with Gasteiger partial charge in [0, 0.05) is 31.1 Å². The van der Waals surface area contributed by atoms with E-state index >= 15 is 4.39 Å². The molecule has 0 saturated carbocycles. The lowest BCUT2D eigenvalue weighted by Gasteiger charge is -2.44. The summed E-state index contributed by atoms with van der Waals surface area (Å²) in [5, 5.41) is 15.1. The molecule has 2 aromatic carbocycles. The molecule has 212 valence electrons. The standard InChI is InChI=1S/C29H39FN4O5/c1-3-19-8-4-9-20(16-19)26-22(11-5-12-23(26)30)29(38,13-7-14-33-28(37)39-2)21-10-6-15-34(18-21)27(36)24(31)17-25(32)35/h4-5,8-9,11-12,16,21,24,38H,3,6-7,10,13-15,17-18,31H2,1-2H3,(H2,32,35)(H,33,37)/t21?,24-,29?/m0/s1. The number of benzene rings is 2. The first kappa shape index (κ1) is 30.0. The molecule has 1 fully saturated rings. The summed E-state index contributed by atoms with van der Waals surface area (Å²) in [7, 11) is 1.27. The number of hydrogen-bond donors (Lipinski definition) is 4. The van der Waals surface area contributed by atoms with E-state index in [2.05, 4.69) is 10.1 Å². The van der Waals surface area contributed by atoms with Gasteiger partial charge in [0.15, 0.2) is 0 Å². The van der Waals surface area contributed by atoms with Crippen molar-refractivity contribution in [3.8, 4) is 11.1 Å². The van der Waals surface area contributed by atoms with Crippen LogP contribution < -0.4 is 16.8 Å². The number of hydrogen-bond acceptors (Lipinski definition) is 6. The smallest absolute Gasteiger partial charge is 0.406 e. The van der Waals surface area contributed by atoms with Crippen molar-refractivity contribution < 1.29 is 28.6 Å². The zero-order chi connectivity index (χ0) is 28.6. The topological polar surface area (TPSA) is 148 Å². The number of likely N-dealkylation sites (tertiary alicyclic amines) is 1. The second kappa shape index (κ2) is 13.5. The van der Waals surface area contributed by atoms with Crippen LogP contribution in [-0.2, 0) is 26.3 Å². The number of aryl methyl sites for hydroxylation is 1. The van der Waals surface area contributed by atoms with Crippen LogP contribution in [0.2, 0.25) is 0 Å². The summed E-state index contributed by atoms with van der Waals surface area (Å²) in [6, 6.07) is 11.2. The number of amides is 3. The van der Waals surface area contributed by atoms with Gasteiger partial charge in [-0.3, -0.25) is 9.59 Å². The number of methoxy groups -OCH3 is 1. The quantitative estimate of drug-likeness (QED) is 0.321. The fourth-order valence-electron chi connectivity index (χ4n) is 5.41. The molecule has 6 N–H and O–H groups in total. The maximum absolute atomic E-state index is 15.5. The summed E-state index contributed by atoms with van der Waals surface area (Å²) in [5.74, 6) is -2.00. The Hall–Kier alpha value is -3.50. The first-order valence-electron chi connectivity index (χ1n) is 13.4. The fourth-order valence-corrected chi connectivity index (χ4v) is 5.41. The van der Waals surface area contributed by atoms with E-state index in [1.165, 1.54) is 13.2 Å². The zero-order valence-electron chi connectivity index (χ0n) is 22.6. The number of nitrogens with two attached hydrogens (primary N) is 2. The number of nitrogens with one attached hydrogen (secondary N) is 1. The molecule has 1 saturated heterocycles. The molecule has 0 aromatic heterocycles. The number of piperidine rings is 1. The molecule has 3 rings (SSSR count). The van der Waals surface area contributed by atoms with Gasteiger partial charge in [-0.15, -0.1) is 0 Å². The van der Waals surface area contributed by atoms with Crippen molar-refractivity contribution in [1.29, 1.82) is 0 Å². The summed E-state index contributed by atoms with van der Waals surface area (Å²) in [4.78, 5) is 37.5. The minimum atomic E-state index is -1.54. The Morgan fingerprint density at radius 2 is 2.00 bits per heavy atom. The second-order valence-electron chi connectivity index (χ2n) is 10.1. The summed E-state index contributed by atoms with van der Waals surface area (Å²) < 4.78 is 20.2. The average molecular weight is 543 g/mol. The van der Waals surface area contributed by atoms with Gasteiger partial charge in [-0.25, -0.2) is 9.18 Å². The molecule has 39 heavy (non-hydrogen) atoms. The van der Waals surface area contributed by atoms with Gasteiger partial charge in [0.05, 0.1) is 25.2 Å². The molecule has 0 bridgehead atoms. The number of carbonyl (C=O) groups excluding carboxylic acids is 3. The van der Waals surface area contributed by atoms with Gasteiger partial charge in [-0.1, -0.05) is 43.3 Å². The predicted octanol–water partition coefficient (Wildman–Crippen LogP) is 2.82. The molecule has 9 nitrogen and oxygen atoms in total. The highest BCUT2D eigenvalue weighted by molar-refractivity contribution is 5.87. The molecule has 0 radical (unpaired) electrons. The van der Waals surface area contributed by atoms with Crippen molar-refractivity contribution in [2.24, 2.45) is 17.4 Å². The monoisotopic (exact) mass is 542 g/mol. The highest BCUT2D eigenvalue weighted by Gasteiger charge is 2.43. The number of nitrogens with zero attached hydrogens (tertiary/aromatic N) is 1. The van der Waals surface area contributed by atoms with E-state index < -0.39 is 41.3 Å². The zero-order valence-corrected chi connectivity index (χ0v) is 22.6. The van der Waals surface area contributed by atoms with Crippen LogP contribution in [-0.4, -0.2) is 60.7 Å². The van der Waals surface area contributed by atoms with Crippen molar-refractivity contribution in [2.45, 2.75) is 57.1 Å². The molecule has 2 unspecified atom stereocenters. The second-order valence-corrected chi connectivity index (χ2v) is 10.1. The van der Waals surface area contributed by atoms with Crippen molar-refractivity contribution in [2.75, 3.05) is 26.7 Å². The largest absolute Gasteiger partial charge is 0.453 e. The molecule has 1 heterocycles. The normalized spacial score (nSPS) is 17.7. The van der Waals surface area contributed by atoms with Gasteiger partial charge in [0.25, 0.3) is 0 Å². The van der Waals surface area contributed by atoms with Crippen LogP contribution >= 0.6 is 0 Å². The van der Waals surface area contributed by atoms with Crippen LogP contribution in [0.1, 0.15) is 50.2 Å². The number of halogens is 1. The van der Waals surface area contributed by atoms with E-state index in [1.54, 1.807) is 17.0 Å². The molecule has 0 spiro atoms. The SMILES string of the molecule is CCc1cccc(-c2c(F)cccc2C(O)(CCCNC(=O)OC)C2CCCN(C(=O)[C@@H](N)CC(N)=O)C2)c1. The Bertz CT molecular complexity index is 1180. The number of carbonyl (C=O) groups is 3. The third-order valence-corrected chi connectivity index (χ3v) is 7.44. The molecule has 0 aliphatic carbocycles. The first-order valence-corrected chi connectivity index (χ1v) is 13.4. The average Bonchev–Trinajstić information content (AvgIpc) is 2.94. The van der Waals surface area contributed by atoms with Crippen molar-refractivity contribution in [3.05, 3.63) is 59.4 Å². The van der Waals surface area contributed by atoms with E-state index in [9.17, 15) is 19.5 Å². The van der Waals surface area contributed by atoms with E-state index in [-0.39, 0.29) is 25.9 Å². The molecule has 3 amide bonds. The molecule has 1 aliphatic heterocycles. The Morgan fingerprint density at radius 3 is 2.69 bits per heavy atom. The maximum Gasteiger partial charge on any atom is 0.406 e. The molecule has 1 aliphatic rings. The summed E-state index contributed by atoms with van der Waals surface area (Å²) in [6.07, 6.45) is 1.67. The van der Waals surface area contributed by atoms with Crippen molar-refractivity contribution in [3.63, 3.8) is 0 Å². The number of alkyl carbamates (subject to hydrolysis) is 1. The van der Waals surface area contributed by atoms with Crippen LogP contribution in [0.3, 0.4) is 0 Å². The fraction of sp³-hybridized carbons (Fsp3) is 0.483. The maximum atomic E-state index is 15.5. The molecular formula is C29H39FN4O5. The lowest BCUT2D eigenvalue weighted by atomic mass is 9.72. The summed E-state index contributed by atoms with van der Waals surface area (Å²) in [6.45, 7) is 2.86. The Kier molecular flexibility index (Phi) is 10.4. The van der Waals surface area contributed by atoms with Gasteiger partial charge in [-0.05, 0) is 54.9 Å². The van der Waals surface area contributed by atoms with Crippen molar-refractivity contribution in [1.82, 2.24) is 10.2 Å². The number of ether oxygens (including phenoxy) is 1. The van der Waals surface area contributed by atoms with Gasteiger partial charge >= 0.3 is 6.09 Å². The molecular weight excluding hydrogens is 503 g/mol. The predicted molar refractivity (Wildman–Crippen MR) is 146 cm³/mol. The van der Waals surface area contributed by atoms with Crippen LogP contribution in [0.4, 0.5) is 9.18 Å². The third kappa shape index (κ3) is 7.33. The van der Waals surface area contributed by atoms with Gasteiger partial charge in [-0.2, -0.15) is 0 Å². The minimum absolute atomic E-state index is 0.178. The highest BCUT2D eigenvalue weighted by Crippen LogP contribution is 2.44. The minimum Gasteiger partial charge on any atom is -0.453 e. The summed E-state index contributed by atoms with van der Waals surface area (Å²) in [5.41, 5.74) is 12.1. The van der Waals surface area contributed by atoms with E-state index in [1.807, 2.05) is 31.2 Å². The molecule has 2 aromatic rings. The summed E-state index contributed by atoms with van der Waals surface area (Å²) >= 11 is 0. The number of rotatable bonds is 11. The van der Waals surface area contributed by atoms with Crippen LogP contribution in [0, 0.1) is 11.7 Å². The van der Waals surface area contributed by atoms with Crippen LogP contribution in [0.25, 0.3) is 11.1 Å². The van der Waals surface area contributed by atoms with E-state index in [0.717, 1.165) is 12.0 Å². The lowest BCUT2D eigenvalue weighted by molar-refractivity contribution is -0.139. The number of aliphatic hydroxyl groups is 1. The van der Waals surface area contributed by atoms with Gasteiger partial charge in [0.1, 0.15) is 5.82 Å². The molecule has 10 heteroatoms. The van der Waals surface area contributed by atoms with Crippen molar-refractivity contribution >= 4 is 17.9 Å². The lowest BCUT2D eigenvalue weighted by Crippen LogP contribution is -2.53. The third-order valence-electron chi connectivity index (χ3n) is 7.44. The highest BCUT2D eigenvalue weighted by atomic mass is 19.1. The van der Waals surface area contributed by atoms with E-state index in [0.29, 0.717) is 42.5 Å². The Morgan fingerprint density at radius 1 is 1.26 bits per heavy atom. The number of primary amides is 1. The Balaban J connectivity index is 2.02. The van der Waals surface area contributed by atoms with Crippen LogP contribution in [0.15, 0.2) is 42.5 Å². The van der Waals surface area contributed by atoms with Gasteiger partial charge in [0.2, 0.25) is 11.8 Å². The van der Waals surface area contributed by atoms with Gasteiger partial charge < -0.3 is 31.5 Å². The Labute approximate surface area is 228 Å². The first-order chi connectivity index (χ1) is 18.6. The molecule has 3 atom stereocenters.